The number of benzene rings is 1. The monoisotopic (exact) mass is 270 g/mol. The average Bonchev–Trinajstić information content (AvgIpc) is 2.27. The number of hydrogen-bond acceptors (Lipinski definition) is 3. The lowest BCUT2D eigenvalue weighted by Gasteiger charge is -2.39. The fourth-order valence-corrected chi connectivity index (χ4v) is 2.43. The molecule has 0 bridgehead atoms. The first-order valence-electron chi connectivity index (χ1n) is 6.44. The summed E-state index contributed by atoms with van der Waals surface area (Å²) in [6.45, 7) is 5.75. The van der Waals surface area contributed by atoms with Crippen LogP contribution in [0, 0.1) is 11.6 Å². The molecule has 0 unspecified atom stereocenters. The molecule has 1 aliphatic heterocycles. The van der Waals surface area contributed by atoms with E-state index >= 15 is 0 Å². The van der Waals surface area contributed by atoms with E-state index in [0.29, 0.717) is 31.8 Å². The molecular weight excluding hydrogens is 250 g/mol. The van der Waals surface area contributed by atoms with Crippen molar-refractivity contribution >= 4 is 5.69 Å². The maximum atomic E-state index is 14.1. The minimum absolute atomic E-state index is 0.0521. The Morgan fingerprint density at radius 3 is 2.47 bits per heavy atom. The number of hydrogen-bond donors (Lipinski definition) is 1. The second-order valence-corrected chi connectivity index (χ2v) is 5.47. The van der Waals surface area contributed by atoms with E-state index in [2.05, 4.69) is 5.32 Å². The summed E-state index contributed by atoms with van der Waals surface area (Å²) < 4.78 is 33.8. The molecule has 1 aromatic rings. The maximum Gasteiger partial charge on any atom is 0.149 e. The van der Waals surface area contributed by atoms with Crippen LogP contribution in [-0.4, -0.2) is 32.3 Å². The third-order valence-electron chi connectivity index (χ3n) is 3.20. The topological polar surface area (TPSA) is 24.5 Å². The first kappa shape index (κ1) is 14.2. The lowest BCUT2D eigenvalue weighted by Crippen LogP contribution is -2.49. The third kappa shape index (κ3) is 3.22. The quantitative estimate of drug-likeness (QED) is 0.912. The van der Waals surface area contributed by atoms with Crippen molar-refractivity contribution in [2.24, 2.45) is 0 Å². The van der Waals surface area contributed by atoms with Crippen LogP contribution in [-0.2, 0) is 11.3 Å². The summed E-state index contributed by atoms with van der Waals surface area (Å²) >= 11 is 0. The zero-order valence-electron chi connectivity index (χ0n) is 11.6. The molecule has 1 saturated heterocycles. The second kappa shape index (κ2) is 5.43. The van der Waals surface area contributed by atoms with Gasteiger partial charge >= 0.3 is 0 Å². The van der Waals surface area contributed by atoms with Gasteiger partial charge in [-0.25, -0.2) is 8.78 Å². The minimum Gasteiger partial charge on any atom is -0.372 e. The Hall–Kier alpha value is -1.20. The molecule has 0 saturated carbocycles. The molecule has 1 aromatic carbocycles. The first-order chi connectivity index (χ1) is 8.93. The van der Waals surface area contributed by atoms with Crippen molar-refractivity contribution in [1.82, 2.24) is 5.32 Å². The molecule has 19 heavy (non-hydrogen) atoms. The van der Waals surface area contributed by atoms with Crippen molar-refractivity contribution in [3.63, 3.8) is 0 Å². The van der Waals surface area contributed by atoms with Crippen molar-refractivity contribution in [1.29, 1.82) is 0 Å². The maximum absolute atomic E-state index is 14.1. The molecular formula is C14H20F2N2O. The molecule has 5 heteroatoms. The fraction of sp³-hybridized carbons (Fsp3) is 0.571. The van der Waals surface area contributed by atoms with Gasteiger partial charge in [-0.15, -0.1) is 0 Å². The van der Waals surface area contributed by atoms with E-state index in [1.807, 2.05) is 13.8 Å². The summed E-state index contributed by atoms with van der Waals surface area (Å²) in [5.74, 6) is -1.02. The van der Waals surface area contributed by atoms with Crippen molar-refractivity contribution in [3.05, 3.63) is 29.3 Å². The average molecular weight is 270 g/mol. The summed E-state index contributed by atoms with van der Waals surface area (Å²) in [5, 5.41) is 2.88. The minimum atomic E-state index is -0.511. The Morgan fingerprint density at radius 2 is 1.95 bits per heavy atom. The van der Waals surface area contributed by atoms with Crippen molar-refractivity contribution in [2.75, 3.05) is 31.6 Å². The molecule has 0 radical (unpaired) electrons. The van der Waals surface area contributed by atoms with Gasteiger partial charge in [0.2, 0.25) is 0 Å². The molecule has 1 aliphatic rings. The number of nitrogens with zero attached hydrogens (tertiary/aromatic N) is 1. The van der Waals surface area contributed by atoms with Crippen LogP contribution in [0.3, 0.4) is 0 Å². The normalized spacial score (nSPS) is 18.7. The fourth-order valence-electron chi connectivity index (χ4n) is 2.43. The van der Waals surface area contributed by atoms with Crippen LogP contribution in [0.4, 0.5) is 14.5 Å². The highest BCUT2D eigenvalue weighted by Crippen LogP contribution is 2.29. The predicted molar refractivity (Wildman–Crippen MR) is 71.4 cm³/mol. The Balaban J connectivity index is 2.29. The Morgan fingerprint density at radius 1 is 1.32 bits per heavy atom. The molecule has 3 nitrogen and oxygen atoms in total. The van der Waals surface area contributed by atoms with Crippen molar-refractivity contribution in [2.45, 2.75) is 26.0 Å². The Kier molecular flexibility index (Phi) is 4.06. The van der Waals surface area contributed by atoms with Crippen LogP contribution in [0.5, 0.6) is 0 Å². The van der Waals surface area contributed by atoms with Crippen molar-refractivity contribution < 1.29 is 13.5 Å². The number of nitrogens with one attached hydrogen (secondary N) is 1. The van der Waals surface area contributed by atoms with Gasteiger partial charge in [0.05, 0.1) is 12.2 Å². The molecule has 0 aliphatic carbocycles. The molecule has 1 N–H and O–H groups in total. The third-order valence-corrected chi connectivity index (χ3v) is 3.20. The molecule has 0 aromatic heterocycles. The highest BCUT2D eigenvalue weighted by atomic mass is 19.1. The largest absolute Gasteiger partial charge is 0.372 e. The van der Waals surface area contributed by atoms with Crippen LogP contribution in [0.25, 0.3) is 0 Å². The van der Waals surface area contributed by atoms with E-state index in [1.165, 1.54) is 12.1 Å². The smallest absolute Gasteiger partial charge is 0.149 e. The number of ether oxygens (including phenoxy) is 1. The Bertz CT molecular complexity index is 440. The number of anilines is 1. The van der Waals surface area contributed by atoms with Gasteiger partial charge in [0.15, 0.2) is 0 Å². The summed E-state index contributed by atoms with van der Waals surface area (Å²) in [7, 11) is 1.74. The summed E-state index contributed by atoms with van der Waals surface area (Å²) in [4.78, 5) is 1.72. The standard InChI is InChI=1S/C14H20F2N2O/c1-14(2)9-18(4-5-19-14)13-11(15)6-10(8-17-3)7-12(13)16/h6-7,17H,4-5,8-9H2,1-3H3. The van der Waals surface area contributed by atoms with Gasteiger partial charge in [-0.3, -0.25) is 0 Å². The van der Waals surface area contributed by atoms with Gasteiger partial charge in [0.25, 0.3) is 0 Å². The highest BCUT2D eigenvalue weighted by molar-refractivity contribution is 5.51. The van der Waals surface area contributed by atoms with Gasteiger partial charge in [-0.2, -0.15) is 0 Å². The molecule has 2 rings (SSSR count). The van der Waals surface area contributed by atoms with Gasteiger partial charge in [-0.05, 0) is 38.6 Å². The predicted octanol–water partition coefficient (Wildman–Crippen LogP) is 2.30. The van der Waals surface area contributed by atoms with E-state index in [9.17, 15) is 8.78 Å². The van der Waals surface area contributed by atoms with Gasteiger partial charge in [-0.1, -0.05) is 0 Å². The molecule has 1 heterocycles. The summed E-state index contributed by atoms with van der Waals surface area (Å²) in [5.41, 5.74) is 0.269. The SMILES string of the molecule is CNCc1cc(F)c(N2CCOC(C)(C)C2)c(F)c1. The number of halogens is 2. The Labute approximate surface area is 112 Å². The van der Waals surface area contributed by atoms with Crippen LogP contribution in [0.1, 0.15) is 19.4 Å². The number of rotatable bonds is 3. The van der Waals surface area contributed by atoms with E-state index in [-0.39, 0.29) is 11.3 Å². The highest BCUT2D eigenvalue weighted by Gasteiger charge is 2.30. The lowest BCUT2D eigenvalue weighted by molar-refractivity contribution is -0.0280. The van der Waals surface area contributed by atoms with Gasteiger partial charge < -0.3 is 15.0 Å². The second-order valence-electron chi connectivity index (χ2n) is 5.47. The molecule has 0 spiro atoms. The van der Waals surface area contributed by atoms with Crippen molar-refractivity contribution in [3.8, 4) is 0 Å². The van der Waals surface area contributed by atoms with E-state index in [4.69, 9.17) is 4.74 Å². The van der Waals surface area contributed by atoms with Crippen LogP contribution in [0.2, 0.25) is 0 Å². The molecule has 0 atom stereocenters. The van der Waals surface area contributed by atoms with Crippen LogP contribution >= 0.6 is 0 Å². The van der Waals surface area contributed by atoms with Crippen LogP contribution in [0.15, 0.2) is 12.1 Å². The zero-order chi connectivity index (χ0) is 14.0. The number of morpholine rings is 1. The zero-order valence-corrected chi connectivity index (χ0v) is 11.6. The first-order valence-corrected chi connectivity index (χ1v) is 6.44. The summed E-state index contributed by atoms with van der Waals surface area (Å²) in [6.07, 6.45) is 0. The van der Waals surface area contributed by atoms with E-state index in [1.54, 1.807) is 11.9 Å². The van der Waals surface area contributed by atoms with E-state index < -0.39 is 11.6 Å². The molecule has 1 fully saturated rings. The van der Waals surface area contributed by atoms with Crippen LogP contribution < -0.4 is 10.2 Å². The molecule has 0 amide bonds. The van der Waals surface area contributed by atoms with Gasteiger partial charge in [0, 0.05) is 19.6 Å². The summed E-state index contributed by atoms with van der Waals surface area (Å²) in [6, 6.07) is 2.77. The lowest BCUT2D eigenvalue weighted by atomic mass is 10.1. The molecule has 106 valence electrons. The van der Waals surface area contributed by atoms with Gasteiger partial charge in [0.1, 0.15) is 17.3 Å². The van der Waals surface area contributed by atoms with E-state index in [0.717, 1.165) is 0 Å².